The number of ketones is 1. The fourth-order valence-corrected chi connectivity index (χ4v) is 8.38. The van der Waals surface area contributed by atoms with E-state index in [4.69, 9.17) is 33.7 Å². The zero-order valence-electron chi connectivity index (χ0n) is 37.6. The summed E-state index contributed by atoms with van der Waals surface area (Å²) in [6.07, 6.45) is 7.36. The Morgan fingerprint density at radius 1 is 0.567 bits per heavy atom. The van der Waals surface area contributed by atoms with Crippen molar-refractivity contribution in [3.8, 4) is 28.5 Å². The second kappa shape index (κ2) is 22.8. The molecule has 346 valence electrons. The van der Waals surface area contributed by atoms with Crippen LogP contribution in [0.3, 0.4) is 0 Å². The van der Waals surface area contributed by atoms with Gasteiger partial charge in [0.15, 0.2) is 17.3 Å². The first-order valence-corrected chi connectivity index (χ1v) is 22.8. The van der Waals surface area contributed by atoms with Crippen LogP contribution in [0.5, 0.6) is 17.2 Å². The molecule has 67 heavy (non-hydrogen) atoms. The van der Waals surface area contributed by atoms with Gasteiger partial charge < -0.3 is 23.7 Å². The Kier molecular flexibility index (Phi) is 16.2. The van der Waals surface area contributed by atoms with Crippen molar-refractivity contribution in [1.29, 1.82) is 0 Å². The number of aromatic nitrogens is 2. The molecule has 13 nitrogen and oxygen atoms in total. The third kappa shape index (κ3) is 13.2. The minimum Gasteiger partial charge on any atom is -0.462 e. The fourth-order valence-electron chi connectivity index (χ4n) is 8.38. The number of nitrogens with zero attached hydrogens (tertiary/aromatic N) is 2. The van der Waals surface area contributed by atoms with Crippen LogP contribution in [-0.4, -0.2) is 57.8 Å². The average molecular weight is 907 g/mol. The fraction of sp³-hybridized carbons (Fsp3) is 0.333. The number of carbonyl (C=O) groups excluding carboxylic acids is 6. The summed E-state index contributed by atoms with van der Waals surface area (Å²) in [6.45, 7) is 8.71. The molecule has 2 fully saturated rings. The summed E-state index contributed by atoms with van der Waals surface area (Å²) in [4.78, 5) is 85.7. The van der Waals surface area contributed by atoms with Gasteiger partial charge >= 0.3 is 29.8 Å². The molecule has 7 rings (SSSR count). The van der Waals surface area contributed by atoms with Gasteiger partial charge in [0.05, 0.1) is 23.2 Å². The van der Waals surface area contributed by atoms with Crippen LogP contribution in [0.4, 0.5) is 0 Å². The Bertz CT molecular complexity index is 2610. The van der Waals surface area contributed by atoms with Gasteiger partial charge in [0.25, 0.3) is 0 Å². The van der Waals surface area contributed by atoms with Gasteiger partial charge in [0.1, 0.15) is 29.0 Å². The van der Waals surface area contributed by atoms with Gasteiger partial charge in [-0.25, -0.2) is 14.8 Å². The van der Waals surface area contributed by atoms with Crippen LogP contribution in [0.25, 0.3) is 22.3 Å². The monoisotopic (exact) mass is 906 g/mol. The highest BCUT2D eigenvalue weighted by molar-refractivity contribution is 5.93. The van der Waals surface area contributed by atoms with E-state index in [9.17, 15) is 28.8 Å². The predicted molar refractivity (Wildman–Crippen MR) is 249 cm³/mol. The lowest BCUT2D eigenvalue weighted by molar-refractivity contribution is -0.153. The van der Waals surface area contributed by atoms with E-state index in [1.54, 1.807) is 36.4 Å². The van der Waals surface area contributed by atoms with E-state index in [0.29, 0.717) is 87.8 Å². The summed E-state index contributed by atoms with van der Waals surface area (Å²) in [7, 11) is 0. The zero-order valence-corrected chi connectivity index (χ0v) is 37.6. The molecule has 0 radical (unpaired) electrons. The minimum atomic E-state index is -0.549. The molecule has 13 heteroatoms. The predicted octanol–water partition coefficient (Wildman–Crippen LogP) is 9.27. The number of esters is 5. The quantitative estimate of drug-likeness (QED) is 0.0463. The van der Waals surface area contributed by atoms with Crippen molar-refractivity contribution >= 4 is 46.7 Å². The molecule has 0 N–H and O–H groups in total. The smallest absolute Gasteiger partial charge is 0.335 e. The highest BCUT2D eigenvalue weighted by atomic mass is 16.6. The zero-order chi connectivity index (χ0) is 47.3. The van der Waals surface area contributed by atoms with Crippen molar-refractivity contribution in [2.75, 3.05) is 0 Å². The molecule has 1 heterocycles. The number of benzene rings is 4. The minimum absolute atomic E-state index is 0.0507. The summed E-state index contributed by atoms with van der Waals surface area (Å²) in [5.41, 5.74) is 5.30. The largest absolute Gasteiger partial charge is 0.462 e. The van der Waals surface area contributed by atoms with E-state index in [1.807, 2.05) is 61.5 Å². The van der Waals surface area contributed by atoms with Crippen LogP contribution >= 0.6 is 0 Å². The maximum Gasteiger partial charge on any atom is 0.335 e. The molecular formula is C54H54N2O11. The molecule has 2 aliphatic rings. The first-order valence-electron chi connectivity index (χ1n) is 22.8. The molecular weight excluding hydrogens is 853 g/mol. The second-order valence-electron chi connectivity index (χ2n) is 17.0. The molecule has 0 unspecified atom stereocenters. The summed E-state index contributed by atoms with van der Waals surface area (Å²) >= 11 is 0. The Labute approximate surface area is 389 Å². The van der Waals surface area contributed by atoms with E-state index in [0.717, 1.165) is 28.3 Å². The topological polar surface area (TPSA) is 174 Å². The van der Waals surface area contributed by atoms with E-state index in [2.05, 4.69) is 13.2 Å². The lowest BCUT2D eigenvalue weighted by Crippen LogP contribution is -2.30. The number of hydrogen-bond acceptors (Lipinski definition) is 13. The number of fused-ring (bicyclic) bond motifs is 1. The van der Waals surface area contributed by atoms with E-state index >= 15 is 0 Å². The molecule has 1 aromatic heterocycles. The van der Waals surface area contributed by atoms with Crippen molar-refractivity contribution in [3.05, 3.63) is 139 Å². The van der Waals surface area contributed by atoms with Gasteiger partial charge in [-0.05, 0) is 118 Å². The Morgan fingerprint density at radius 3 is 1.54 bits per heavy atom. The third-order valence-corrected chi connectivity index (χ3v) is 12.2. The number of rotatable bonds is 18. The normalized spacial score (nSPS) is 17.9. The number of allylic oxidation sites excluding steroid dienone is 1. The molecule has 0 aliphatic heterocycles. The SMILES string of the molecule is C=CC(=O)Cc1ccc(CCC(=O)OC2CCC(C(=O)Oc3ccc(OC(=O)C4CCC(OC(=O)CCc5ccc(OC(=O)C=C)cc5)CC4)c4nc(-c5ccccc5)c(C)nc34)CC2)cc1. The summed E-state index contributed by atoms with van der Waals surface area (Å²) in [5.74, 6) is -2.19. The van der Waals surface area contributed by atoms with Crippen molar-refractivity contribution in [2.45, 2.75) is 103 Å². The molecule has 0 amide bonds. The van der Waals surface area contributed by atoms with Crippen molar-refractivity contribution in [2.24, 2.45) is 11.8 Å². The Balaban J connectivity index is 0.925. The summed E-state index contributed by atoms with van der Waals surface area (Å²) < 4.78 is 28.7. The first-order chi connectivity index (χ1) is 32.4. The van der Waals surface area contributed by atoms with Crippen LogP contribution < -0.4 is 14.2 Å². The summed E-state index contributed by atoms with van der Waals surface area (Å²) in [5, 5.41) is 0. The average Bonchev–Trinajstić information content (AvgIpc) is 3.34. The van der Waals surface area contributed by atoms with Crippen LogP contribution in [0, 0.1) is 18.8 Å². The third-order valence-electron chi connectivity index (χ3n) is 12.2. The van der Waals surface area contributed by atoms with Gasteiger partial charge in [0.2, 0.25) is 0 Å². The first kappa shape index (κ1) is 47.7. The second-order valence-corrected chi connectivity index (χ2v) is 17.0. The van der Waals surface area contributed by atoms with E-state index in [-0.39, 0.29) is 65.3 Å². The van der Waals surface area contributed by atoms with Crippen LogP contribution in [0.15, 0.2) is 116 Å². The van der Waals surface area contributed by atoms with E-state index < -0.39 is 29.7 Å². The van der Waals surface area contributed by atoms with Crippen LogP contribution in [0.2, 0.25) is 0 Å². The molecule has 0 atom stereocenters. The molecule has 4 aromatic carbocycles. The molecule has 0 spiro atoms. The number of carbonyl (C=O) groups is 6. The van der Waals surface area contributed by atoms with Gasteiger partial charge in [-0.15, -0.1) is 0 Å². The summed E-state index contributed by atoms with van der Waals surface area (Å²) in [6, 6.07) is 27.1. The van der Waals surface area contributed by atoms with Crippen molar-refractivity contribution < 1.29 is 52.5 Å². The van der Waals surface area contributed by atoms with Gasteiger partial charge in [-0.2, -0.15) is 0 Å². The Hall–Kier alpha value is -7.28. The maximum absolute atomic E-state index is 13.7. The van der Waals surface area contributed by atoms with Crippen molar-refractivity contribution in [3.63, 3.8) is 0 Å². The van der Waals surface area contributed by atoms with E-state index in [1.165, 1.54) is 6.08 Å². The van der Waals surface area contributed by atoms with Gasteiger partial charge in [0, 0.05) is 30.9 Å². The Morgan fingerprint density at radius 2 is 1.04 bits per heavy atom. The van der Waals surface area contributed by atoms with Gasteiger partial charge in [-0.3, -0.25) is 24.0 Å². The number of ether oxygens (including phenoxy) is 5. The molecule has 5 aromatic rings. The molecule has 0 bridgehead atoms. The molecule has 2 aliphatic carbocycles. The van der Waals surface area contributed by atoms with Crippen LogP contribution in [0.1, 0.15) is 86.6 Å². The maximum atomic E-state index is 13.7. The standard InChI is InChI=1S/C54H54N2O11/c1-4-41(57)33-37-13-11-35(12-14-37)17-31-48(59)64-43-25-19-39(20-26-43)53(61)66-45-29-30-46(52-51(45)55-34(3)50(56-52)38-9-7-6-8-10-38)67-54(62)40-21-27-44(28-22-40)65-49(60)32-18-36-15-23-42(24-16-36)63-47(58)5-2/h4-16,23-24,29-30,39-40,43-44H,1-2,17-22,25-28,31-33H2,3H3. The van der Waals surface area contributed by atoms with Gasteiger partial charge in [-0.1, -0.05) is 79.9 Å². The number of hydrogen-bond donors (Lipinski definition) is 0. The van der Waals surface area contributed by atoms with Crippen molar-refractivity contribution in [1.82, 2.24) is 9.97 Å². The number of aryl methyl sites for hydroxylation is 3. The van der Waals surface area contributed by atoms with Crippen LogP contribution in [-0.2, 0) is 57.5 Å². The highest BCUT2D eigenvalue weighted by Crippen LogP contribution is 2.37. The molecule has 2 saturated carbocycles. The highest BCUT2D eigenvalue weighted by Gasteiger charge is 2.32. The lowest BCUT2D eigenvalue weighted by Gasteiger charge is -2.27. The molecule has 0 saturated heterocycles. The lowest BCUT2D eigenvalue weighted by atomic mass is 9.87.